The van der Waals surface area contributed by atoms with Crippen molar-refractivity contribution in [3.63, 3.8) is 0 Å². The van der Waals surface area contributed by atoms with Gasteiger partial charge in [0.15, 0.2) is 0 Å². The monoisotopic (exact) mass is 537 g/mol. The molecule has 0 bridgehead atoms. The molecule has 3 aliphatic rings. The van der Waals surface area contributed by atoms with Gasteiger partial charge in [0.1, 0.15) is 17.3 Å². The van der Waals surface area contributed by atoms with E-state index in [0.717, 1.165) is 46.4 Å². The number of hydrogen-bond donors (Lipinski definition) is 3. The van der Waals surface area contributed by atoms with E-state index in [9.17, 15) is 23.1 Å². The highest BCUT2D eigenvalue weighted by Crippen LogP contribution is 2.39. The lowest BCUT2D eigenvalue weighted by atomic mass is 9.98. The minimum atomic E-state index is -4.58. The van der Waals surface area contributed by atoms with E-state index in [-0.39, 0.29) is 17.9 Å². The van der Waals surface area contributed by atoms with Crippen molar-refractivity contribution in [2.24, 2.45) is 4.99 Å². The maximum absolute atomic E-state index is 13.1. The number of halogens is 3. The maximum atomic E-state index is 13.1. The van der Waals surface area contributed by atoms with Crippen LogP contribution in [0.4, 0.5) is 24.7 Å². The van der Waals surface area contributed by atoms with Crippen molar-refractivity contribution >= 4 is 17.4 Å². The van der Waals surface area contributed by atoms with Crippen LogP contribution in [0.15, 0.2) is 53.8 Å². The standard InChI is InChI=1S/C27H26F3N7O2/c1-15-4-5-18(35-24(38)21-11-17(6-7-31-21)27(28,29)30)12-19(15)20-10-16-13-33-25(34-14-26(2,3)39)36-22(16)37-9-8-32-23(20)37/h4-7,10-13,32,39H,8-9,14H2,1-3H3,(H,35,38). The molecule has 12 heteroatoms. The van der Waals surface area contributed by atoms with E-state index in [1.807, 2.05) is 23.6 Å². The number of pyridine rings is 2. The second kappa shape index (κ2) is 9.77. The lowest BCUT2D eigenvalue weighted by Gasteiger charge is -2.19. The van der Waals surface area contributed by atoms with E-state index in [0.29, 0.717) is 24.6 Å². The molecule has 0 spiro atoms. The fourth-order valence-electron chi connectivity index (χ4n) is 4.32. The third-order valence-corrected chi connectivity index (χ3v) is 6.20. The van der Waals surface area contributed by atoms with Crippen LogP contribution in [0.5, 0.6) is 0 Å². The van der Waals surface area contributed by atoms with Crippen LogP contribution in [0.1, 0.15) is 35.5 Å². The minimum Gasteiger partial charge on any atom is -0.389 e. The number of aliphatic hydroxyl groups is 1. The topological polar surface area (TPSA) is 117 Å². The summed E-state index contributed by atoms with van der Waals surface area (Å²) in [5, 5.41) is 16.0. The molecule has 202 valence electrons. The Morgan fingerprint density at radius 3 is 2.69 bits per heavy atom. The Kier molecular flexibility index (Phi) is 6.59. The average Bonchev–Trinajstić information content (AvgIpc) is 3.38. The predicted octanol–water partition coefficient (Wildman–Crippen LogP) is 4.12. The summed E-state index contributed by atoms with van der Waals surface area (Å²) in [7, 11) is 0. The third-order valence-electron chi connectivity index (χ3n) is 6.20. The number of rotatable bonds is 5. The van der Waals surface area contributed by atoms with Gasteiger partial charge >= 0.3 is 6.18 Å². The highest BCUT2D eigenvalue weighted by atomic mass is 19.4. The Bertz CT molecular complexity index is 1610. The number of carbonyl (C=O) groups excluding carboxylic acids is 1. The number of nitrogens with zero attached hydrogens (tertiary/aromatic N) is 5. The molecule has 4 heterocycles. The first-order chi connectivity index (χ1) is 18.4. The second-order valence-corrected chi connectivity index (χ2v) is 9.97. The van der Waals surface area contributed by atoms with Crippen LogP contribution in [-0.4, -0.2) is 49.2 Å². The van der Waals surface area contributed by atoms with Crippen molar-refractivity contribution in [2.75, 3.05) is 23.7 Å². The molecule has 5 rings (SSSR count). The van der Waals surface area contributed by atoms with Gasteiger partial charge in [-0.3, -0.25) is 9.78 Å². The Hall–Kier alpha value is -4.32. The number of alkyl halides is 3. The van der Waals surface area contributed by atoms with E-state index in [1.54, 1.807) is 32.2 Å². The SMILES string of the molecule is Cc1ccc(NC(=O)c2cc(C(F)(F)F)ccn2)cc1-c1cc2cnc(=NCC(C)(C)O)nc-2n2c1NCC2. The van der Waals surface area contributed by atoms with Gasteiger partial charge in [-0.25, -0.2) is 9.98 Å². The van der Waals surface area contributed by atoms with Crippen LogP contribution in [0.25, 0.3) is 22.5 Å². The molecule has 2 aromatic rings. The van der Waals surface area contributed by atoms with Gasteiger partial charge in [-0.1, -0.05) is 6.07 Å². The van der Waals surface area contributed by atoms with Gasteiger partial charge in [0, 0.05) is 42.3 Å². The van der Waals surface area contributed by atoms with Crippen molar-refractivity contribution in [3.8, 4) is 22.5 Å². The molecule has 39 heavy (non-hydrogen) atoms. The normalized spacial score (nSPS) is 13.9. The lowest BCUT2D eigenvalue weighted by molar-refractivity contribution is -0.137. The molecule has 3 aliphatic heterocycles. The number of fused-ring (bicyclic) bond motifs is 3. The zero-order chi connectivity index (χ0) is 27.9. The Labute approximate surface area is 221 Å². The number of benzene rings is 1. The summed E-state index contributed by atoms with van der Waals surface area (Å²) in [6.45, 7) is 6.77. The molecule has 0 fully saturated rings. The van der Waals surface area contributed by atoms with Crippen LogP contribution in [0.3, 0.4) is 0 Å². The van der Waals surface area contributed by atoms with Crippen molar-refractivity contribution in [3.05, 3.63) is 71.2 Å². The van der Waals surface area contributed by atoms with Crippen molar-refractivity contribution < 1.29 is 23.1 Å². The zero-order valence-corrected chi connectivity index (χ0v) is 21.5. The van der Waals surface area contributed by atoms with E-state index in [4.69, 9.17) is 0 Å². The molecule has 1 aromatic heterocycles. The molecule has 0 unspecified atom stereocenters. The predicted molar refractivity (Wildman–Crippen MR) is 139 cm³/mol. The number of amides is 1. The first-order valence-electron chi connectivity index (χ1n) is 12.2. The number of nitrogens with one attached hydrogen (secondary N) is 2. The van der Waals surface area contributed by atoms with Gasteiger partial charge in [0.05, 0.1) is 17.7 Å². The Balaban J connectivity index is 1.51. The molecule has 3 N–H and O–H groups in total. The van der Waals surface area contributed by atoms with E-state index in [2.05, 4.69) is 30.6 Å². The number of carbonyl (C=O) groups is 1. The van der Waals surface area contributed by atoms with Crippen LogP contribution in [0, 0.1) is 6.92 Å². The van der Waals surface area contributed by atoms with Crippen LogP contribution < -0.4 is 16.3 Å². The number of anilines is 2. The van der Waals surface area contributed by atoms with Gasteiger partial charge < -0.3 is 20.3 Å². The first-order valence-corrected chi connectivity index (χ1v) is 12.2. The van der Waals surface area contributed by atoms with Gasteiger partial charge in [0.2, 0.25) is 5.62 Å². The van der Waals surface area contributed by atoms with Crippen molar-refractivity contribution in [1.82, 2.24) is 19.5 Å². The molecule has 1 amide bonds. The average molecular weight is 538 g/mol. The largest absolute Gasteiger partial charge is 0.416 e. The number of hydrogen-bond acceptors (Lipinski definition) is 7. The van der Waals surface area contributed by atoms with Gasteiger partial charge in [0.25, 0.3) is 5.91 Å². The van der Waals surface area contributed by atoms with Gasteiger partial charge in [-0.15, -0.1) is 0 Å². The van der Waals surface area contributed by atoms with Crippen molar-refractivity contribution in [1.29, 1.82) is 0 Å². The molecular weight excluding hydrogens is 511 g/mol. The summed E-state index contributed by atoms with van der Waals surface area (Å²) in [5.74, 6) is 0.782. The highest BCUT2D eigenvalue weighted by molar-refractivity contribution is 6.03. The van der Waals surface area contributed by atoms with E-state index >= 15 is 0 Å². The molecular formula is C27H26F3N7O2. The lowest BCUT2D eigenvalue weighted by Crippen LogP contribution is -2.26. The van der Waals surface area contributed by atoms with Crippen LogP contribution in [-0.2, 0) is 12.7 Å². The molecule has 0 radical (unpaired) electrons. The quantitative estimate of drug-likeness (QED) is 0.353. The number of aryl methyl sites for hydroxylation is 1. The van der Waals surface area contributed by atoms with E-state index < -0.39 is 23.2 Å². The molecule has 9 nitrogen and oxygen atoms in total. The van der Waals surface area contributed by atoms with Crippen LogP contribution in [0.2, 0.25) is 0 Å². The summed E-state index contributed by atoms with van der Waals surface area (Å²) < 4.78 is 41.3. The molecule has 0 atom stereocenters. The number of aromatic nitrogens is 4. The smallest absolute Gasteiger partial charge is 0.389 e. The first kappa shape index (κ1) is 26.3. The Morgan fingerprint density at radius 2 is 1.95 bits per heavy atom. The summed E-state index contributed by atoms with van der Waals surface area (Å²) in [5.41, 5.74) is 1.82. The molecule has 0 saturated heterocycles. The summed E-state index contributed by atoms with van der Waals surface area (Å²) in [4.78, 5) is 29.8. The highest BCUT2D eigenvalue weighted by Gasteiger charge is 2.31. The second-order valence-electron chi connectivity index (χ2n) is 9.97. The summed E-state index contributed by atoms with van der Waals surface area (Å²) >= 11 is 0. The zero-order valence-electron chi connectivity index (χ0n) is 21.5. The van der Waals surface area contributed by atoms with Crippen molar-refractivity contribution in [2.45, 2.75) is 39.1 Å². The fraction of sp³-hybridized carbons (Fsp3) is 0.296. The minimum absolute atomic E-state index is 0.162. The van der Waals surface area contributed by atoms with Crippen LogP contribution >= 0.6 is 0 Å². The molecule has 1 aromatic carbocycles. The molecule has 0 saturated carbocycles. The fourth-order valence-corrected chi connectivity index (χ4v) is 4.32. The maximum Gasteiger partial charge on any atom is 0.416 e. The molecule has 0 aliphatic carbocycles. The summed E-state index contributed by atoms with van der Waals surface area (Å²) in [6, 6.07) is 8.78. The van der Waals surface area contributed by atoms with E-state index in [1.165, 1.54) is 0 Å². The Morgan fingerprint density at radius 1 is 1.15 bits per heavy atom. The summed E-state index contributed by atoms with van der Waals surface area (Å²) in [6.07, 6.45) is -1.93. The van der Waals surface area contributed by atoms with Gasteiger partial charge in [-0.2, -0.15) is 18.2 Å². The van der Waals surface area contributed by atoms with Gasteiger partial charge in [-0.05, 0) is 62.2 Å². The third kappa shape index (κ3) is 5.60.